The summed E-state index contributed by atoms with van der Waals surface area (Å²) < 4.78 is 47.5. The smallest absolute Gasteiger partial charge is 0.212 e. The summed E-state index contributed by atoms with van der Waals surface area (Å²) in [5.41, 5.74) is 0. The molecule has 1 aliphatic rings. The van der Waals surface area contributed by atoms with Crippen LogP contribution in [0, 0.1) is 0 Å². The molecule has 0 aromatic rings. The third kappa shape index (κ3) is 5.11. The largest absolute Gasteiger partial charge is 0.229 e. The van der Waals surface area contributed by atoms with Gasteiger partial charge in [0, 0.05) is 17.1 Å². The van der Waals surface area contributed by atoms with Gasteiger partial charge in [-0.25, -0.2) is 21.6 Å². The first-order chi connectivity index (χ1) is 7.20. The highest BCUT2D eigenvalue weighted by Crippen LogP contribution is 2.26. The fraction of sp³-hybridized carbons (Fsp3) is 1.00. The Kier molecular flexibility index (Phi) is 4.79. The molecule has 96 valence electrons. The molecular weight excluding hydrogens is 318 g/mol. The van der Waals surface area contributed by atoms with Gasteiger partial charge in [0.1, 0.15) is 9.84 Å². The number of rotatable bonds is 5. The molecule has 1 N–H and O–H groups in total. The van der Waals surface area contributed by atoms with Gasteiger partial charge in [-0.2, -0.15) is 0 Å². The number of nitrogens with one attached hydrogen (secondary N) is 1. The fourth-order valence-corrected chi connectivity index (χ4v) is 5.44. The maximum atomic E-state index is 11.6. The van der Waals surface area contributed by atoms with E-state index in [1.807, 2.05) is 0 Å². The van der Waals surface area contributed by atoms with Crippen molar-refractivity contribution in [1.29, 1.82) is 0 Å². The van der Waals surface area contributed by atoms with Crippen LogP contribution in [0.4, 0.5) is 0 Å². The minimum absolute atomic E-state index is 0.107. The molecule has 1 saturated carbocycles. The number of sulfone groups is 1. The van der Waals surface area contributed by atoms with Crippen LogP contribution in [0.25, 0.3) is 0 Å². The van der Waals surface area contributed by atoms with E-state index < -0.39 is 19.9 Å². The maximum absolute atomic E-state index is 11.6. The van der Waals surface area contributed by atoms with Gasteiger partial charge in [-0.1, -0.05) is 22.4 Å². The topological polar surface area (TPSA) is 80.3 Å². The van der Waals surface area contributed by atoms with Crippen LogP contribution in [0.15, 0.2) is 0 Å². The lowest BCUT2D eigenvalue weighted by Gasteiger charge is -2.15. The van der Waals surface area contributed by atoms with Crippen molar-refractivity contribution in [3.05, 3.63) is 0 Å². The van der Waals surface area contributed by atoms with Crippen LogP contribution in [0.3, 0.4) is 0 Å². The molecule has 8 heteroatoms. The zero-order valence-corrected chi connectivity index (χ0v) is 12.2. The highest BCUT2D eigenvalue weighted by molar-refractivity contribution is 9.09. The van der Waals surface area contributed by atoms with E-state index in [-0.39, 0.29) is 22.4 Å². The van der Waals surface area contributed by atoms with Crippen molar-refractivity contribution >= 4 is 35.8 Å². The Balaban J connectivity index is 2.52. The van der Waals surface area contributed by atoms with Crippen molar-refractivity contribution in [2.24, 2.45) is 0 Å². The van der Waals surface area contributed by atoms with E-state index in [1.165, 1.54) is 0 Å². The summed E-state index contributed by atoms with van der Waals surface area (Å²) >= 11 is 3.40. The Bertz CT molecular complexity index is 431. The number of halogens is 1. The zero-order valence-electron chi connectivity index (χ0n) is 9.02. The Labute approximate surface area is 105 Å². The Morgan fingerprint density at radius 1 is 1.19 bits per heavy atom. The molecule has 2 atom stereocenters. The van der Waals surface area contributed by atoms with E-state index in [0.717, 1.165) is 25.5 Å². The zero-order chi connectivity index (χ0) is 12.4. The van der Waals surface area contributed by atoms with Crippen molar-refractivity contribution in [1.82, 2.24) is 4.72 Å². The van der Waals surface area contributed by atoms with Gasteiger partial charge in [-0.05, 0) is 12.8 Å². The van der Waals surface area contributed by atoms with Gasteiger partial charge in [-0.3, -0.25) is 0 Å². The molecule has 0 saturated heterocycles. The molecule has 1 aliphatic carbocycles. The van der Waals surface area contributed by atoms with Crippen molar-refractivity contribution in [3.63, 3.8) is 0 Å². The molecule has 2 unspecified atom stereocenters. The van der Waals surface area contributed by atoms with Crippen molar-refractivity contribution in [2.45, 2.75) is 30.1 Å². The summed E-state index contributed by atoms with van der Waals surface area (Å²) in [6, 6.07) is -0.107. The first kappa shape index (κ1) is 14.4. The number of sulfonamides is 1. The van der Waals surface area contributed by atoms with E-state index in [4.69, 9.17) is 0 Å². The van der Waals surface area contributed by atoms with Gasteiger partial charge in [-0.15, -0.1) is 0 Å². The molecule has 5 nitrogen and oxygen atoms in total. The summed E-state index contributed by atoms with van der Waals surface area (Å²) in [5, 5.41) is 0. The predicted molar refractivity (Wildman–Crippen MR) is 67.0 cm³/mol. The van der Waals surface area contributed by atoms with Crippen LogP contribution < -0.4 is 4.72 Å². The van der Waals surface area contributed by atoms with E-state index in [9.17, 15) is 16.8 Å². The highest BCUT2D eigenvalue weighted by Gasteiger charge is 2.28. The molecule has 0 aromatic carbocycles. The maximum Gasteiger partial charge on any atom is 0.212 e. The third-order valence-electron chi connectivity index (χ3n) is 2.49. The van der Waals surface area contributed by atoms with Gasteiger partial charge in [0.05, 0.1) is 11.5 Å². The summed E-state index contributed by atoms with van der Waals surface area (Å²) in [6.07, 6.45) is 3.76. The molecule has 0 radical (unpaired) electrons. The molecule has 0 aromatic heterocycles. The molecule has 0 aliphatic heterocycles. The lowest BCUT2D eigenvalue weighted by molar-refractivity contribution is 0.556. The number of hydrogen-bond donors (Lipinski definition) is 1. The minimum atomic E-state index is -3.49. The Hall–Kier alpha value is 0.340. The average Bonchev–Trinajstić information content (AvgIpc) is 2.47. The van der Waals surface area contributed by atoms with Crippen LogP contribution >= 0.6 is 15.9 Å². The van der Waals surface area contributed by atoms with Gasteiger partial charge >= 0.3 is 0 Å². The summed E-state index contributed by atoms with van der Waals surface area (Å²) in [5.74, 6) is -0.690. The molecule has 16 heavy (non-hydrogen) atoms. The predicted octanol–water partition coefficient (Wildman–Crippen LogP) is 0.266. The van der Waals surface area contributed by atoms with E-state index in [1.54, 1.807) is 0 Å². The second-order valence-corrected chi connectivity index (χ2v) is 9.43. The molecule has 1 fully saturated rings. The molecular formula is C8H16BrNO4S2. The van der Waals surface area contributed by atoms with Gasteiger partial charge in [0.25, 0.3) is 0 Å². The second kappa shape index (κ2) is 5.32. The molecule has 1 rings (SSSR count). The lowest BCUT2D eigenvalue weighted by Crippen LogP contribution is -2.40. The van der Waals surface area contributed by atoms with E-state index in [0.29, 0.717) is 0 Å². The molecule has 0 bridgehead atoms. The summed E-state index contributed by atoms with van der Waals surface area (Å²) in [7, 11) is -6.73. The Morgan fingerprint density at radius 2 is 1.81 bits per heavy atom. The minimum Gasteiger partial charge on any atom is -0.229 e. The van der Waals surface area contributed by atoms with Crippen LogP contribution in [-0.2, 0) is 19.9 Å². The molecule has 0 amide bonds. The standard InChI is InChI=1S/C8H16BrNO4S2/c1-15(11,12)5-6-16(13,14)10-8-4-2-3-7(8)9/h7-8,10H,2-6H2,1H3. The van der Waals surface area contributed by atoms with Crippen molar-refractivity contribution < 1.29 is 16.8 Å². The second-order valence-electron chi connectivity index (χ2n) is 4.12. The van der Waals surface area contributed by atoms with Gasteiger partial charge in [0.2, 0.25) is 10.0 Å². The fourth-order valence-electron chi connectivity index (χ4n) is 1.60. The van der Waals surface area contributed by atoms with Crippen molar-refractivity contribution in [3.8, 4) is 0 Å². The number of alkyl halides is 1. The first-order valence-corrected chi connectivity index (χ1v) is 9.64. The lowest BCUT2D eigenvalue weighted by atomic mass is 10.3. The quantitative estimate of drug-likeness (QED) is 0.732. The normalized spacial score (nSPS) is 27.1. The summed E-state index contributed by atoms with van der Waals surface area (Å²) in [6.45, 7) is 0. The monoisotopic (exact) mass is 333 g/mol. The highest BCUT2D eigenvalue weighted by atomic mass is 79.9. The average molecular weight is 334 g/mol. The van der Waals surface area contributed by atoms with E-state index in [2.05, 4.69) is 20.7 Å². The SMILES string of the molecule is CS(=O)(=O)CCS(=O)(=O)NC1CCCC1Br. The summed E-state index contributed by atoms with van der Waals surface area (Å²) in [4.78, 5) is 0.153. The number of hydrogen-bond acceptors (Lipinski definition) is 4. The van der Waals surface area contributed by atoms with Crippen molar-refractivity contribution in [2.75, 3.05) is 17.8 Å². The van der Waals surface area contributed by atoms with Crippen LogP contribution in [-0.4, -0.2) is 45.5 Å². The van der Waals surface area contributed by atoms with Gasteiger partial charge in [0.15, 0.2) is 0 Å². The van der Waals surface area contributed by atoms with Crippen LogP contribution in [0.2, 0.25) is 0 Å². The van der Waals surface area contributed by atoms with Crippen LogP contribution in [0.1, 0.15) is 19.3 Å². The first-order valence-electron chi connectivity index (χ1n) is 5.01. The molecule has 0 heterocycles. The van der Waals surface area contributed by atoms with Crippen LogP contribution in [0.5, 0.6) is 0 Å². The van der Waals surface area contributed by atoms with E-state index >= 15 is 0 Å². The molecule has 0 spiro atoms. The Morgan fingerprint density at radius 3 is 2.25 bits per heavy atom. The van der Waals surface area contributed by atoms with Gasteiger partial charge < -0.3 is 0 Å². The third-order valence-corrected chi connectivity index (χ3v) is 6.19.